The third-order valence-electron chi connectivity index (χ3n) is 3.32. The molecule has 26 heavy (non-hydrogen) atoms. The van der Waals surface area contributed by atoms with Gasteiger partial charge in [-0.15, -0.1) is 5.10 Å². The van der Waals surface area contributed by atoms with Crippen molar-refractivity contribution in [3.05, 3.63) is 52.6 Å². The van der Waals surface area contributed by atoms with Crippen molar-refractivity contribution in [3.8, 4) is 6.07 Å². The van der Waals surface area contributed by atoms with Crippen LogP contribution in [0, 0.1) is 18.3 Å². The SMILES string of the molecule is Cc1ccnc2nc(C(=O)OCC(=O)Nc3cc(Cl)ccc3C#N)nn12. The van der Waals surface area contributed by atoms with Crippen molar-refractivity contribution in [3.63, 3.8) is 0 Å². The Bertz CT molecular complexity index is 1060. The minimum Gasteiger partial charge on any atom is -0.450 e. The topological polar surface area (TPSA) is 122 Å². The van der Waals surface area contributed by atoms with Crippen molar-refractivity contribution in [1.82, 2.24) is 19.6 Å². The Labute approximate surface area is 152 Å². The number of amides is 1. The van der Waals surface area contributed by atoms with Crippen LogP contribution in [0.5, 0.6) is 0 Å². The van der Waals surface area contributed by atoms with E-state index < -0.39 is 18.5 Å². The normalized spacial score (nSPS) is 10.3. The zero-order chi connectivity index (χ0) is 18.7. The first-order valence-corrected chi connectivity index (χ1v) is 7.71. The van der Waals surface area contributed by atoms with Gasteiger partial charge < -0.3 is 10.1 Å². The second-order valence-electron chi connectivity index (χ2n) is 5.16. The van der Waals surface area contributed by atoms with Crippen LogP contribution >= 0.6 is 11.6 Å². The van der Waals surface area contributed by atoms with Gasteiger partial charge in [-0.1, -0.05) is 11.6 Å². The molecule has 0 aliphatic carbocycles. The Morgan fingerprint density at radius 2 is 2.19 bits per heavy atom. The highest BCUT2D eigenvalue weighted by Gasteiger charge is 2.17. The van der Waals surface area contributed by atoms with Crippen LogP contribution in [0.25, 0.3) is 5.78 Å². The summed E-state index contributed by atoms with van der Waals surface area (Å²) in [5.41, 5.74) is 1.20. The van der Waals surface area contributed by atoms with Crippen molar-refractivity contribution < 1.29 is 14.3 Å². The second kappa shape index (κ2) is 7.16. The fraction of sp³-hybridized carbons (Fsp3) is 0.125. The maximum absolute atomic E-state index is 12.0. The summed E-state index contributed by atoms with van der Waals surface area (Å²) in [4.78, 5) is 31.9. The highest BCUT2D eigenvalue weighted by molar-refractivity contribution is 6.31. The number of anilines is 1. The summed E-state index contributed by atoms with van der Waals surface area (Å²) in [6, 6.07) is 8.07. The largest absolute Gasteiger partial charge is 0.450 e. The number of rotatable bonds is 4. The lowest BCUT2D eigenvalue weighted by Gasteiger charge is -2.07. The quantitative estimate of drug-likeness (QED) is 0.694. The minimum absolute atomic E-state index is 0.208. The molecule has 3 rings (SSSR count). The summed E-state index contributed by atoms with van der Waals surface area (Å²) in [5.74, 6) is -1.45. The van der Waals surface area contributed by atoms with Crippen LogP contribution in [0.3, 0.4) is 0 Å². The number of carbonyl (C=O) groups is 2. The van der Waals surface area contributed by atoms with Crippen LogP contribution in [-0.4, -0.2) is 38.1 Å². The molecule has 0 saturated carbocycles. The van der Waals surface area contributed by atoms with Gasteiger partial charge in [-0.25, -0.2) is 14.3 Å². The number of aryl methyl sites for hydroxylation is 1. The highest BCUT2D eigenvalue weighted by Crippen LogP contribution is 2.20. The van der Waals surface area contributed by atoms with Gasteiger partial charge in [0.15, 0.2) is 6.61 Å². The van der Waals surface area contributed by atoms with Crippen LogP contribution in [0.1, 0.15) is 21.9 Å². The Morgan fingerprint density at radius 1 is 1.38 bits per heavy atom. The molecule has 1 aromatic carbocycles. The average molecular weight is 371 g/mol. The van der Waals surface area contributed by atoms with Crippen LogP contribution < -0.4 is 5.32 Å². The molecule has 2 aromatic heterocycles. The number of carbonyl (C=O) groups excluding carboxylic acids is 2. The van der Waals surface area contributed by atoms with E-state index in [9.17, 15) is 9.59 Å². The summed E-state index contributed by atoms with van der Waals surface area (Å²) in [6.07, 6.45) is 1.54. The van der Waals surface area contributed by atoms with Gasteiger partial charge in [0.25, 0.3) is 17.5 Å². The predicted octanol–water partition coefficient (Wildman–Crippen LogP) is 1.75. The molecule has 0 bridgehead atoms. The average Bonchev–Trinajstić information content (AvgIpc) is 3.06. The molecule has 0 saturated heterocycles. The standard InChI is InChI=1S/C16H11ClN6O3/c1-9-4-5-19-16-21-14(22-23(9)16)15(25)26-8-13(24)20-12-6-11(17)3-2-10(12)7-18/h2-6H,8H2,1H3,(H,20,24). The zero-order valence-electron chi connectivity index (χ0n) is 13.4. The Balaban J connectivity index is 1.65. The van der Waals surface area contributed by atoms with E-state index in [1.807, 2.05) is 6.07 Å². The van der Waals surface area contributed by atoms with E-state index in [0.717, 1.165) is 5.69 Å². The Hall–Kier alpha value is -3.51. The minimum atomic E-state index is -0.864. The molecule has 0 aliphatic rings. The highest BCUT2D eigenvalue weighted by atomic mass is 35.5. The van der Waals surface area contributed by atoms with Gasteiger partial charge in [0.05, 0.1) is 11.3 Å². The number of hydrogen-bond donors (Lipinski definition) is 1. The molecule has 2 heterocycles. The number of nitriles is 1. The van der Waals surface area contributed by atoms with Crippen molar-refractivity contribution in [2.24, 2.45) is 0 Å². The summed E-state index contributed by atoms with van der Waals surface area (Å²) in [7, 11) is 0. The van der Waals surface area contributed by atoms with E-state index in [4.69, 9.17) is 21.6 Å². The van der Waals surface area contributed by atoms with Crippen LogP contribution in [0.2, 0.25) is 5.02 Å². The Morgan fingerprint density at radius 3 is 2.92 bits per heavy atom. The first-order valence-electron chi connectivity index (χ1n) is 7.33. The van der Waals surface area contributed by atoms with E-state index in [1.165, 1.54) is 22.7 Å². The monoisotopic (exact) mass is 370 g/mol. The first-order chi connectivity index (χ1) is 12.5. The number of benzene rings is 1. The maximum atomic E-state index is 12.0. The number of nitrogens with zero attached hydrogens (tertiary/aromatic N) is 5. The van der Waals surface area contributed by atoms with Gasteiger partial charge in [0.2, 0.25) is 0 Å². The number of halogens is 1. The van der Waals surface area contributed by atoms with Crippen LogP contribution in [-0.2, 0) is 9.53 Å². The first kappa shape index (κ1) is 17.3. The number of esters is 1. The van der Waals surface area contributed by atoms with Gasteiger partial charge in [-0.05, 0) is 31.2 Å². The van der Waals surface area contributed by atoms with E-state index in [2.05, 4.69) is 20.4 Å². The number of hydrogen-bond acceptors (Lipinski definition) is 7. The Kier molecular flexibility index (Phi) is 4.77. The second-order valence-corrected chi connectivity index (χ2v) is 5.60. The lowest BCUT2D eigenvalue weighted by atomic mass is 10.2. The molecule has 0 fully saturated rings. The predicted molar refractivity (Wildman–Crippen MR) is 90.6 cm³/mol. The number of aromatic nitrogens is 4. The molecule has 1 amide bonds. The van der Waals surface area contributed by atoms with Crippen molar-refractivity contribution >= 4 is 34.9 Å². The van der Waals surface area contributed by atoms with E-state index >= 15 is 0 Å². The van der Waals surface area contributed by atoms with Crippen LogP contribution in [0.4, 0.5) is 5.69 Å². The molecule has 9 nitrogen and oxygen atoms in total. The third kappa shape index (κ3) is 3.60. The molecule has 0 spiro atoms. The molecule has 3 aromatic rings. The number of ether oxygens (including phenoxy) is 1. The summed E-state index contributed by atoms with van der Waals surface area (Å²) in [6.45, 7) is 1.21. The fourth-order valence-electron chi connectivity index (χ4n) is 2.09. The summed E-state index contributed by atoms with van der Waals surface area (Å²) in [5, 5.41) is 15.8. The lowest BCUT2D eigenvalue weighted by molar-refractivity contribution is -0.119. The molecular formula is C16H11ClN6O3. The maximum Gasteiger partial charge on any atom is 0.378 e. The van der Waals surface area contributed by atoms with Gasteiger partial charge >= 0.3 is 5.97 Å². The summed E-state index contributed by atoms with van der Waals surface area (Å²) < 4.78 is 6.29. The molecule has 0 aliphatic heterocycles. The van der Waals surface area contributed by atoms with Crippen molar-refractivity contribution in [1.29, 1.82) is 5.26 Å². The number of nitrogens with one attached hydrogen (secondary N) is 1. The van der Waals surface area contributed by atoms with E-state index in [-0.39, 0.29) is 22.9 Å². The molecule has 0 unspecified atom stereocenters. The summed E-state index contributed by atoms with van der Waals surface area (Å²) >= 11 is 5.85. The molecule has 10 heteroatoms. The zero-order valence-corrected chi connectivity index (χ0v) is 14.2. The third-order valence-corrected chi connectivity index (χ3v) is 3.56. The van der Waals surface area contributed by atoms with Gasteiger partial charge in [-0.3, -0.25) is 4.79 Å². The van der Waals surface area contributed by atoms with Crippen molar-refractivity contribution in [2.75, 3.05) is 11.9 Å². The molecule has 0 radical (unpaired) electrons. The molecule has 1 N–H and O–H groups in total. The molecule has 0 atom stereocenters. The van der Waals surface area contributed by atoms with Gasteiger partial charge in [0, 0.05) is 16.9 Å². The van der Waals surface area contributed by atoms with E-state index in [1.54, 1.807) is 19.2 Å². The van der Waals surface area contributed by atoms with Crippen LogP contribution in [0.15, 0.2) is 30.5 Å². The number of fused-ring (bicyclic) bond motifs is 1. The van der Waals surface area contributed by atoms with E-state index in [0.29, 0.717) is 5.02 Å². The van der Waals surface area contributed by atoms with Crippen molar-refractivity contribution in [2.45, 2.75) is 6.92 Å². The van der Waals surface area contributed by atoms with Gasteiger partial charge in [-0.2, -0.15) is 10.2 Å². The van der Waals surface area contributed by atoms with Gasteiger partial charge in [0.1, 0.15) is 6.07 Å². The molecular weight excluding hydrogens is 360 g/mol. The smallest absolute Gasteiger partial charge is 0.378 e. The fourth-order valence-corrected chi connectivity index (χ4v) is 2.26. The lowest BCUT2D eigenvalue weighted by Crippen LogP contribution is -2.22. The molecule has 130 valence electrons.